The number of benzene rings is 1. The van der Waals surface area contributed by atoms with Gasteiger partial charge in [-0.25, -0.2) is 4.79 Å². The van der Waals surface area contributed by atoms with E-state index in [2.05, 4.69) is 0 Å². The van der Waals surface area contributed by atoms with Gasteiger partial charge in [-0.2, -0.15) is 0 Å². The zero-order valence-corrected chi connectivity index (χ0v) is 14.7. The van der Waals surface area contributed by atoms with Crippen LogP contribution in [-0.4, -0.2) is 62.0 Å². The molecule has 3 aliphatic heterocycles. The van der Waals surface area contributed by atoms with E-state index in [0.29, 0.717) is 5.57 Å². The predicted molar refractivity (Wildman–Crippen MR) is 89.1 cm³/mol. The van der Waals surface area contributed by atoms with Crippen molar-refractivity contribution >= 4 is 34.5 Å². The van der Waals surface area contributed by atoms with Crippen LogP contribution in [0, 0.1) is 0 Å². The molecule has 3 aliphatic rings. The topological polar surface area (TPSA) is 101 Å². The first-order chi connectivity index (χ1) is 12.4. The summed E-state index contributed by atoms with van der Waals surface area (Å²) >= 11 is 0. The summed E-state index contributed by atoms with van der Waals surface area (Å²) in [5.74, 6) is -2.44. The summed E-state index contributed by atoms with van der Waals surface area (Å²) in [6.07, 6.45) is 0. The van der Waals surface area contributed by atoms with Crippen LogP contribution in [0.1, 0.15) is 27.6 Å². The first-order valence-corrected chi connectivity index (χ1v) is 9.22. The van der Waals surface area contributed by atoms with E-state index < -0.39 is 45.9 Å². The van der Waals surface area contributed by atoms with Crippen molar-refractivity contribution in [3.05, 3.63) is 46.7 Å². The Labute approximate surface area is 150 Å². The maximum Gasteiger partial charge on any atom is 0.354 e. The number of ether oxygens (including phenoxy) is 1. The van der Waals surface area contributed by atoms with Crippen LogP contribution in [0.25, 0.3) is 0 Å². The number of rotatable bonds is 2. The lowest BCUT2D eigenvalue weighted by Crippen LogP contribution is -2.74. The number of imide groups is 1. The molecule has 0 N–H and O–H groups in total. The van der Waals surface area contributed by atoms with Gasteiger partial charge >= 0.3 is 5.97 Å². The molecule has 0 spiro atoms. The number of fused-ring (bicyclic) bond motifs is 2. The highest BCUT2D eigenvalue weighted by Gasteiger charge is 2.62. The Bertz CT molecular complexity index is 917. The summed E-state index contributed by atoms with van der Waals surface area (Å²) < 4.78 is 17.3. The number of amides is 3. The zero-order valence-electron chi connectivity index (χ0n) is 13.9. The van der Waals surface area contributed by atoms with Gasteiger partial charge in [0.2, 0.25) is 0 Å². The van der Waals surface area contributed by atoms with Crippen molar-refractivity contribution in [3.63, 3.8) is 0 Å². The second-order valence-corrected chi connectivity index (χ2v) is 7.75. The number of carbonyl (C=O) groups is 4. The maximum absolute atomic E-state index is 12.8. The fraction of sp³-hybridized carbons (Fsp3) is 0.294. The number of nitrogens with zero attached hydrogens (tertiary/aromatic N) is 2. The van der Waals surface area contributed by atoms with Gasteiger partial charge in [-0.1, -0.05) is 12.1 Å². The van der Waals surface area contributed by atoms with Crippen molar-refractivity contribution in [3.8, 4) is 0 Å². The molecular weight excluding hydrogens is 360 g/mol. The number of β-lactam (4-membered cyclic amide) rings is 1. The lowest BCUT2D eigenvalue weighted by Gasteiger charge is -2.51. The van der Waals surface area contributed by atoms with Crippen molar-refractivity contribution in [2.24, 2.45) is 0 Å². The summed E-state index contributed by atoms with van der Waals surface area (Å²) in [5, 5.41) is -0.942. The lowest BCUT2D eigenvalue weighted by atomic mass is 10.0. The minimum atomic E-state index is -1.55. The SMILES string of the molecule is COC(=O)C1=C(C)CS(=O)[C@@H]2[C@@H](N3C(=O)c4ccccc4C3=O)C(=O)N12. The van der Waals surface area contributed by atoms with Crippen molar-refractivity contribution in [2.75, 3.05) is 12.9 Å². The van der Waals surface area contributed by atoms with Crippen molar-refractivity contribution in [1.82, 2.24) is 9.80 Å². The Morgan fingerprint density at radius 2 is 1.69 bits per heavy atom. The van der Waals surface area contributed by atoms with Crippen LogP contribution in [0.4, 0.5) is 0 Å². The van der Waals surface area contributed by atoms with Crippen LogP contribution in [0.15, 0.2) is 35.5 Å². The van der Waals surface area contributed by atoms with E-state index in [1.807, 2.05) is 0 Å². The van der Waals surface area contributed by atoms with Gasteiger partial charge in [-0.05, 0) is 24.6 Å². The van der Waals surface area contributed by atoms with Gasteiger partial charge in [0.1, 0.15) is 11.1 Å². The smallest absolute Gasteiger partial charge is 0.354 e. The summed E-state index contributed by atoms with van der Waals surface area (Å²) in [6.45, 7) is 1.60. The third-order valence-electron chi connectivity index (χ3n) is 4.77. The molecule has 1 aromatic carbocycles. The van der Waals surface area contributed by atoms with E-state index in [1.54, 1.807) is 19.1 Å². The van der Waals surface area contributed by atoms with Crippen LogP contribution in [0.3, 0.4) is 0 Å². The second-order valence-electron chi connectivity index (χ2n) is 6.22. The van der Waals surface area contributed by atoms with E-state index >= 15 is 0 Å². The van der Waals surface area contributed by atoms with Gasteiger partial charge < -0.3 is 4.74 Å². The number of hydrogen-bond acceptors (Lipinski definition) is 6. The molecule has 1 unspecified atom stereocenters. The van der Waals surface area contributed by atoms with E-state index in [4.69, 9.17) is 4.74 Å². The minimum Gasteiger partial charge on any atom is -0.464 e. The average Bonchev–Trinajstić information content (AvgIpc) is 2.87. The highest BCUT2D eigenvalue weighted by molar-refractivity contribution is 7.86. The van der Waals surface area contributed by atoms with Gasteiger partial charge in [-0.15, -0.1) is 0 Å². The van der Waals surface area contributed by atoms with Gasteiger partial charge in [0.15, 0.2) is 6.04 Å². The van der Waals surface area contributed by atoms with Crippen LogP contribution < -0.4 is 0 Å². The maximum atomic E-state index is 12.8. The average molecular weight is 374 g/mol. The summed E-state index contributed by atoms with van der Waals surface area (Å²) in [5.41, 5.74) is 0.936. The van der Waals surface area contributed by atoms with Gasteiger partial charge in [0.05, 0.1) is 29.0 Å². The Morgan fingerprint density at radius 1 is 1.12 bits per heavy atom. The summed E-state index contributed by atoms with van der Waals surface area (Å²) in [6, 6.07) is 5.10. The van der Waals surface area contributed by atoms with Gasteiger partial charge in [0, 0.05) is 5.75 Å². The molecule has 0 saturated carbocycles. The fourth-order valence-electron chi connectivity index (χ4n) is 3.59. The van der Waals surface area contributed by atoms with Gasteiger partial charge in [-0.3, -0.25) is 28.4 Å². The number of carbonyl (C=O) groups excluding carboxylic acids is 4. The first kappa shape index (κ1) is 16.6. The van der Waals surface area contributed by atoms with Crippen LogP contribution in [0.5, 0.6) is 0 Å². The van der Waals surface area contributed by atoms with E-state index in [-0.39, 0.29) is 22.6 Å². The molecule has 9 heteroatoms. The van der Waals surface area contributed by atoms with E-state index in [0.717, 1.165) is 9.80 Å². The predicted octanol–water partition coefficient (Wildman–Crippen LogP) is 0.0288. The number of hydrogen-bond donors (Lipinski definition) is 0. The number of methoxy groups -OCH3 is 1. The molecule has 0 bridgehead atoms. The van der Waals surface area contributed by atoms with Crippen LogP contribution >= 0.6 is 0 Å². The Morgan fingerprint density at radius 3 is 2.23 bits per heavy atom. The summed E-state index contributed by atoms with van der Waals surface area (Å²) in [7, 11) is -0.357. The molecule has 1 fully saturated rings. The molecule has 4 rings (SSSR count). The third kappa shape index (κ3) is 1.97. The monoisotopic (exact) mass is 374 g/mol. The minimum absolute atomic E-state index is 0.0370. The molecule has 134 valence electrons. The quantitative estimate of drug-likeness (QED) is 0.411. The van der Waals surface area contributed by atoms with Crippen molar-refractivity contribution < 1.29 is 28.1 Å². The van der Waals surface area contributed by atoms with Crippen molar-refractivity contribution in [1.29, 1.82) is 0 Å². The molecule has 0 radical (unpaired) electrons. The van der Waals surface area contributed by atoms with Crippen LogP contribution in [-0.2, 0) is 25.1 Å². The zero-order chi connectivity index (χ0) is 18.7. The molecule has 1 aromatic rings. The molecule has 3 heterocycles. The van der Waals surface area contributed by atoms with Crippen LogP contribution in [0.2, 0.25) is 0 Å². The first-order valence-electron chi connectivity index (χ1n) is 7.83. The molecule has 0 aromatic heterocycles. The molecule has 0 aliphatic carbocycles. The molecular formula is C17H14N2O6S. The molecule has 3 atom stereocenters. The highest BCUT2D eigenvalue weighted by atomic mass is 32.2. The fourth-order valence-corrected chi connectivity index (χ4v) is 5.29. The number of esters is 1. The van der Waals surface area contributed by atoms with Gasteiger partial charge in [0.25, 0.3) is 17.7 Å². The molecule has 26 heavy (non-hydrogen) atoms. The summed E-state index contributed by atoms with van der Waals surface area (Å²) in [4.78, 5) is 52.0. The van der Waals surface area contributed by atoms with E-state index in [1.165, 1.54) is 19.2 Å². The Balaban J connectivity index is 1.73. The van der Waals surface area contributed by atoms with E-state index in [9.17, 15) is 23.4 Å². The molecule has 3 amide bonds. The third-order valence-corrected chi connectivity index (χ3v) is 6.50. The Hall–Kier alpha value is -2.81. The van der Waals surface area contributed by atoms with Crippen molar-refractivity contribution in [2.45, 2.75) is 18.3 Å². The Kier molecular flexibility index (Phi) is 3.58. The second kappa shape index (κ2) is 5.60. The standard InChI is InChI=1S/C17H14N2O6S/c1-8-7-26(24)16-12(15(22)19(16)11(8)17(23)25-2)18-13(20)9-5-3-4-6-10(9)14(18)21/h3-6,12,16H,7H2,1-2H3/t12-,16+,26?/m0/s1. The highest BCUT2D eigenvalue weighted by Crippen LogP contribution is 2.40. The lowest BCUT2D eigenvalue weighted by molar-refractivity contribution is -0.153. The largest absolute Gasteiger partial charge is 0.464 e. The normalized spacial score (nSPS) is 27.3. The molecule has 1 saturated heterocycles. The molecule has 8 nitrogen and oxygen atoms in total.